The van der Waals surface area contributed by atoms with Gasteiger partial charge in [0, 0.05) is 27.4 Å². The second-order valence-corrected chi connectivity index (χ2v) is 11.3. The summed E-state index contributed by atoms with van der Waals surface area (Å²) in [6, 6.07) is 14.7. The third kappa shape index (κ3) is 5.96. The fourth-order valence-corrected chi connectivity index (χ4v) is 5.72. The summed E-state index contributed by atoms with van der Waals surface area (Å²) in [6.07, 6.45) is 9.99. The standard InChI is InChI=1S/C29H29ClN2O2S/c1-5-16-34-24-9-7-6-8-19(24)18-31-28-26(27(33)32-22-13-11-21(30)12-14-22)23-15-10-20(29(2,3)4)17-25(23)35-28/h1,6-9,11-14,18,20H,10,15-17H2,2-4H3,(H,32,33)/t20-/m0/s1. The van der Waals surface area contributed by atoms with Crippen molar-refractivity contribution in [2.24, 2.45) is 16.3 Å². The lowest BCUT2D eigenvalue weighted by Crippen LogP contribution is -2.27. The average Bonchev–Trinajstić information content (AvgIpc) is 3.20. The van der Waals surface area contributed by atoms with Crippen LogP contribution in [0.1, 0.15) is 53.6 Å². The van der Waals surface area contributed by atoms with Crippen LogP contribution in [0.3, 0.4) is 0 Å². The lowest BCUT2D eigenvalue weighted by Gasteiger charge is -2.33. The molecule has 1 aliphatic rings. The van der Waals surface area contributed by atoms with E-state index in [2.05, 4.69) is 32.0 Å². The van der Waals surface area contributed by atoms with E-state index in [0.717, 1.165) is 30.4 Å². The molecule has 1 aromatic heterocycles. The fourth-order valence-electron chi connectivity index (χ4n) is 4.33. The van der Waals surface area contributed by atoms with E-state index in [1.54, 1.807) is 41.8 Å². The lowest BCUT2D eigenvalue weighted by atomic mass is 9.72. The van der Waals surface area contributed by atoms with E-state index in [1.165, 1.54) is 4.88 Å². The summed E-state index contributed by atoms with van der Waals surface area (Å²) >= 11 is 7.62. The Bertz CT molecular complexity index is 1280. The Morgan fingerprint density at radius 3 is 2.71 bits per heavy atom. The summed E-state index contributed by atoms with van der Waals surface area (Å²) in [5, 5.41) is 4.37. The molecule has 0 fully saturated rings. The minimum atomic E-state index is -0.150. The van der Waals surface area contributed by atoms with Crippen molar-refractivity contribution in [3.8, 4) is 18.1 Å². The highest BCUT2D eigenvalue weighted by Gasteiger charge is 2.33. The number of hydrogen-bond acceptors (Lipinski definition) is 4. The number of benzene rings is 2. The maximum atomic E-state index is 13.5. The van der Waals surface area contributed by atoms with Gasteiger partial charge in [-0.05, 0) is 72.6 Å². The molecule has 1 atom stereocenters. The van der Waals surface area contributed by atoms with Gasteiger partial charge in [-0.1, -0.05) is 50.4 Å². The lowest BCUT2D eigenvalue weighted by molar-refractivity contribution is 0.102. The van der Waals surface area contributed by atoms with Crippen LogP contribution in [0.4, 0.5) is 10.7 Å². The van der Waals surface area contributed by atoms with Gasteiger partial charge in [0.05, 0.1) is 5.56 Å². The highest BCUT2D eigenvalue weighted by Crippen LogP contribution is 2.45. The summed E-state index contributed by atoms with van der Waals surface area (Å²) in [7, 11) is 0. The van der Waals surface area contributed by atoms with E-state index in [4.69, 9.17) is 27.8 Å². The number of ether oxygens (including phenoxy) is 1. The summed E-state index contributed by atoms with van der Waals surface area (Å²) in [6.45, 7) is 7.05. The first-order chi connectivity index (χ1) is 16.8. The first kappa shape index (κ1) is 25.0. The molecule has 0 saturated heterocycles. The number of thiophene rings is 1. The maximum Gasteiger partial charge on any atom is 0.259 e. The Morgan fingerprint density at radius 1 is 1.26 bits per heavy atom. The number of anilines is 1. The van der Waals surface area contributed by atoms with Crippen molar-refractivity contribution >= 4 is 45.7 Å². The van der Waals surface area contributed by atoms with Crippen molar-refractivity contribution in [3.63, 3.8) is 0 Å². The number of aliphatic imine (C=N–C) groups is 1. The zero-order valence-corrected chi connectivity index (χ0v) is 21.8. The number of halogens is 1. The molecule has 180 valence electrons. The number of nitrogens with zero attached hydrogens (tertiary/aromatic N) is 1. The molecule has 6 heteroatoms. The van der Waals surface area contributed by atoms with Gasteiger partial charge in [0.15, 0.2) is 0 Å². The van der Waals surface area contributed by atoms with Crippen molar-refractivity contribution in [2.45, 2.75) is 40.0 Å². The van der Waals surface area contributed by atoms with Gasteiger partial charge < -0.3 is 10.1 Å². The number of nitrogens with one attached hydrogen (secondary N) is 1. The number of carbonyl (C=O) groups excluding carboxylic acids is 1. The SMILES string of the molecule is C#CCOc1ccccc1C=Nc1sc2c(c1C(=O)Nc1ccc(Cl)cc1)CC[C@H](C(C)(C)C)C2. The molecule has 0 unspecified atom stereocenters. The van der Waals surface area contributed by atoms with Gasteiger partial charge in [-0.3, -0.25) is 4.79 Å². The molecule has 1 aliphatic carbocycles. The van der Waals surface area contributed by atoms with Crippen LogP contribution in [0, 0.1) is 23.7 Å². The van der Waals surface area contributed by atoms with Gasteiger partial charge in [0.1, 0.15) is 17.4 Å². The van der Waals surface area contributed by atoms with Crippen LogP contribution in [-0.2, 0) is 12.8 Å². The molecule has 0 aliphatic heterocycles. The normalized spacial score (nSPS) is 15.5. The van der Waals surface area contributed by atoms with Gasteiger partial charge >= 0.3 is 0 Å². The zero-order chi connectivity index (χ0) is 25.0. The Labute approximate surface area is 216 Å². The quantitative estimate of drug-likeness (QED) is 0.278. The Morgan fingerprint density at radius 2 is 2.00 bits per heavy atom. The van der Waals surface area contributed by atoms with Crippen molar-refractivity contribution in [2.75, 3.05) is 11.9 Å². The number of rotatable bonds is 6. The minimum absolute atomic E-state index is 0.150. The monoisotopic (exact) mass is 504 g/mol. The zero-order valence-electron chi connectivity index (χ0n) is 20.2. The number of terminal acetylenes is 1. The Hall–Kier alpha value is -3.07. The van der Waals surface area contributed by atoms with Crippen LogP contribution < -0.4 is 10.1 Å². The fraction of sp³-hybridized carbons (Fsp3) is 0.310. The molecule has 35 heavy (non-hydrogen) atoms. The molecule has 4 rings (SSSR count). The molecule has 1 heterocycles. The van der Waals surface area contributed by atoms with Gasteiger partial charge in [0.2, 0.25) is 0 Å². The van der Waals surface area contributed by atoms with Crippen LogP contribution in [0.15, 0.2) is 53.5 Å². The molecule has 2 aromatic carbocycles. The van der Waals surface area contributed by atoms with Crippen LogP contribution in [0.25, 0.3) is 0 Å². The second kappa shape index (κ2) is 10.7. The predicted octanol–water partition coefficient (Wildman–Crippen LogP) is 7.57. The van der Waals surface area contributed by atoms with Crippen molar-refractivity contribution in [3.05, 3.63) is 75.1 Å². The van der Waals surface area contributed by atoms with Crippen LogP contribution in [0.5, 0.6) is 5.75 Å². The number of para-hydroxylation sites is 1. The van der Waals surface area contributed by atoms with Gasteiger partial charge in [-0.25, -0.2) is 4.99 Å². The Kier molecular flexibility index (Phi) is 7.64. The molecular weight excluding hydrogens is 476 g/mol. The number of carbonyl (C=O) groups is 1. The van der Waals surface area contributed by atoms with E-state index in [0.29, 0.717) is 32.9 Å². The van der Waals surface area contributed by atoms with Crippen LogP contribution >= 0.6 is 22.9 Å². The van der Waals surface area contributed by atoms with Crippen molar-refractivity contribution in [1.82, 2.24) is 0 Å². The molecule has 1 amide bonds. The van der Waals surface area contributed by atoms with Crippen LogP contribution in [-0.4, -0.2) is 18.7 Å². The van der Waals surface area contributed by atoms with Crippen LogP contribution in [0.2, 0.25) is 5.02 Å². The molecule has 3 aromatic rings. The molecule has 0 saturated carbocycles. The number of fused-ring (bicyclic) bond motifs is 1. The third-order valence-electron chi connectivity index (χ3n) is 6.35. The van der Waals surface area contributed by atoms with Crippen molar-refractivity contribution < 1.29 is 9.53 Å². The molecule has 0 spiro atoms. The highest BCUT2D eigenvalue weighted by atomic mass is 35.5. The molecule has 0 bridgehead atoms. The van der Waals surface area contributed by atoms with E-state index >= 15 is 0 Å². The number of hydrogen-bond donors (Lipinski definition) is 1. The van der Waals surface area contributed by atoms with E-state index in [9.17, 15) is 4.79 Å². The third-order valence-corrected chi connectivity index (χ3v) is 7.77. The first-order valence-electron chi connectivity index (χ1n) is 11.7. The van der Waals surface area contributed by atoms with E-state index < -0.39 is 0 Å². The first-order valence-corrected chi connectivity index (χ1v) is 12.9. The minimum Gasteiger partial charge on any atom is -0.480 e. The summed E-state index contributed by atoms with van der Waals surface area (Å²) < 4.78 is 5.66. The smallest absolute Gasteiger partial charge is 0.259 e. The predicted molar refractivity (Wildman–Crippen MR) is 147 cm³/mol. The number of amides is 1. The highest BCUT2D eigenvalue weighted by molar-refractivity contribution is 7.16. The largest absolute Gasteiger partial charge is 0.480 e. The molecular formula is C29H29ClN2O2S. The summed E-state index contributed by atoms with van der Waals surface area (Å²) in [4.78, 5) is 19.5. The van der Waals surface area contributed by atoms with Gasteiger partial charge in [-0.15, -0.1) is 17.8 Å². The molecule has 4 nitrogen and oxygen atoms in total. The van der Waals surface area contributed by atoms with E-state index in [1.807, 2.05) is 24.3 Å². The maximum absolute atomic E-state index is 13.5. The Balaban J connectivity index is 1.70. The summed E-state index contributed by atoms with van der Waals surface area (Å²) in [5.74, 6) is 3.57. The summed E-state index contributed by atoms with van der Waals surface area (Å²) in [5.41, 5.74) is 3.50. The van der Waals surface area contributed by atoms with Crippen molar-refractivity contribution in [1.29, 1.82) is 0 Å². The molecule has 1 N–H and O–H groups in total. The van der Waals surface area contributed by atoms with Gasteiger partial charge in [-0.2, -0.15) is 0 Å². The van der Waals surface area contributed by atoms with E-state index in [-0.39, 0.29) is 17.9 Å². The molecule has 0 radical (unpaired) electrons. The average molecular weight is 505 g/mol. The topological polar surface area (TPSA) is 50.7 Å². The van der Waals surface area contributed by atoms with Gasteiger partial charge in [0.25, 0.3) is 5.91 Å². The second-order valence-electron chi connectivity index (χ2n) is 9.74.